The zero-order chi connectivity index (χ0) is 21.5. The van der Waals surface area contributed by atoms with E-state index in [0.717, 1.165) is 18.4 Å². The molecule has 4 atom stereocenters. The Morgan fingerprint density at radius 1 is 1.23 bits per heavy atom. The lowest BCUT2D eigenvalue weighted by Gasteiger charge is -2.40. The summed E-state index contributed by atoms with van der Waals surface area (Å²) in [7, 11) is 0. The number of rotatable bonds is 3. The first kappa shape index (κ1) is 19.7. The Labute approximate surface area is 192 Å². The van der Waals surface area contributed by atoms with E-state index in [9.17, 15) is 9.59 Å². The standard InChI is InChI=1S/C23H20BrClFN3O2/c24-15-3-1-2-13(20(15)26)19-18-17(9-27-21(18)30)29(10-11-4-5-11)23(19)14-7-6-12(25)8-16(14)28-22(23)31/h1-3,6-8,11,17-19H,4-5,9-10H2,(H,27,30)(H,28,31)/t17?,18-,19+,23-/m1/s1. The molecule has 1 aliphatic carbocycles. The molecule has 0 bridgehead atoms. The molecular weight excluding hydrogens is 485 g/mol. The maximum Gasteiger partial charge on any atom is 0.250 e. The molecule has 1 saturated carbocycles. The van der Waals surface area contributed by atoms with Gasteiger partial charge in [-0.25, -0.2) is 4.39 Å². The third-order valence-corrected chi connectivity index (χ3v) is 8.17. The Bertz CT molecular complexity index is 1140. The number of nitrogens with zero attached hydrogens (tertiary/aromatic N) is 1. The molecule has 2 N–H and O–H groups in total. The number of benzene rings is 2. The van der Waals surface area contributed by atoms with E-state index >= 15 is 4.39 Å². The zero-order valence-corrected chi connectivity index (χ0v) is 18.8. The van der Waals surface area contributed by atoms with Crippen LogP contribution in [0.1, 0.15) is 29.9 Å². The van der Waals surface area contributed by atoms with Gasteiger partial charge in [0.2, 0.25) is 11.8 Å². The van der Waals surface area contributed by atoms with Gasteiger partial charge in [-0.3, -0.25) is 14.5 Å². The van der Waals surface area contributed by atoms with Gasteiger partial charge in [-0.15, -0.1) is 0 Å². The van der Waals surface area contributed by atoms with Crippen molar-refractivity contribution < 1.29 is 14.0 Å². The predicted octanol–water partition coefficient (Wildman–Crippen LogP) is 4.01. The number of hydrogen-bond acceptors (Lipinski definition) is 3. The van der Waals surface area contributed by atoms with Crippen LogP contribution >= 0.6 is 27.5 Å². The molecule has 160 valence electrons. The molecule has 6 rings (SSSR count). The average molecular weight is 505 g/mol. The molecular formula is C23H20BrClFN3O2. The van der Waals surface area contributed by atoms with Gasteiger partial charge in [-0.1, -0.05) is 29.8 Å². The quantitative estimate of drug-likeness (QED) is 0.664. The van der Waals surface area contributed by atoms with E-state index in [1.807, 2.05) is 6.07 Å². The minimum absolute atomic E-state index is 0.123. The van der Waals surface area contributed by atoms with Gasteiger partial charge < -0.3 is 10.6 Å². The maximum absolute atomic E-state index is 15.5. The maximum atomic E-state index is 15.5. The number of nitrogens with one attached hydrogen (secondary N) is 2. The molecule has 3 aliphatic heterocycles. The van der Waals surface area contributed by atoms with Gasteiger partial charge in [0.15, 0.2) is 0 Å². The molecule has 3 heterocycles. The SMILES string of the molecule is O=C1NCC2[C@@H]1[C@H](c1cccc(Br)c1F)[C@]1(C(=O)Nc3cc(Cl)ccc31)N2CC1CC1. The Morgan fingerprint density at radius 3 is 2.81 bits per heavy atom. The summed E-state index contributed by atoms with van der Waals surface area (Å²) in [6, 6.07) is 10.3. The number of fused-ring (bicyclic) bond motifs is 3. The summed E-state index contributed by atoms with van der Waals surface area (Å²) in [4.78, 5) is 29.1. The molecule has 8 heteroatoms. The van der Waals surface area contributed by atoms with E-state index in [0.29, 0.717) is 39.8 Å². The monoisotopic (exact) mass is 503 g/mol. The number of anilines is 1. The highest BCUT2D eigenvalue weighted by atomic mass is 79.9. The number of likely N-dealkylation sites (tertiary alicyclic amines) is 1. The van der Waals surface area contributed by atoms with Crippen molar-refractivity contribution in [2.45, 2.75) is 30.3 Å². The van der Waals surface area contributed by atoms with E-state index in [-0.39, 0.29) is 17.9 Å². The van der Waals surface area contributed by atoms with Gasteiger partial charge in [-0.05, 0) is 58.5 Å². The molecule has 2 amide bonds. The summed E-state index contributed by atoms with van der Waals surface area (Å²) in [5.74, 6) is -1.44. The largest absolute Gasteiger partial charge is 0.354 e. The van der Waals surface area contributed by atoms with Crippen LogP contribution in [0.15, 0.2) is 40.9 Å². The van der Waals surface area contributed by atoms with Crippen LogP contribution in [0.25, 0.3) is 0 Å². The fourth-order valence-corrected chi connectivity index (χ4v) is 6.48. The van der Waals surface area contributed by atoms with Gasteiger partial charge in [0, 0.05) is 41.3 Å². The lowest BCUT2D eigenvalue weighted by atomic mass is 9.71. The van der Waals surface area contributed by atoms with Gasteiger partial charge >= 0.3 is 0 Å². The highest BCUT2D eigenvalue weighted by molar-refractivity contribution is 9.10. The summed E-state index contributed by atoms with van der Waals surface area (Å²) in [6.07, 6.45) is 2.21. The summed E-state index contributed by atoms with van der Waals surface area (Å²) in [5.41, 5.74) is 0.642. The molecule has 4 aliphatic rings. The molecule has 0 radical (unpaired) electrons. The van der Waals surface area contributed by atoms with E-state index in [1.54, 1.807) is 30.3 Å². The van der Waals surface area contributed by atoms with Crippen molar-refractivity contribution in [3.8, 4) is 0 Å². The molecule has 2 aromatic rings. The molecule has 5 nitrogen and oxygen atoms in total. The van der Waals surface area contributed by atoms with Crippen LogP contribution in [0.4, 0.5) is 10.1 Å². The Kier molecular flexibility index (Phi) is 4.30. The third-order valence-electron chi connectivity index (χ3n) is 7.32. The van der Waals surface area contributed by atoms with E-state index < -0.39 is 23.2 Å². The zero-order valence-electron chi connectivity index (χ0n) is 16.5. The van der Waals surface area contributed by atoms with Gasteiger partial charge in [0.25, 0.3) is 0 Å². The first-order valence-electron chi connectivity index (χ1n) is 10.5. The van der Waals surface area contributed by atoms with Crippen molar-refractivity contribution in [2.24, 2.45) is 11.8 Å². The molecule has 31 heavy (non-hydrogen) atoms. The Morgan fingerprint density at radius 2 is 2.03 bits per heavy atom. The summed E-state index contributed by atoms with van der Waals surface area (Å²) in [5, 5.41) is 6.49. The van der Waals surface area contributed by atoms with Crippen molar-refractivity contribution in [2.75, 3.05) is 18.4 Å². The van der Waals surface area contributed by atoms with E-state index in [4.69, 9.17) is 11.6 Å². The molecule has 1 unspecified atom stereocenters. The van der Waals surface area contributed by atoms with E-state index in [1.165, 1.54) is 0 Å². The summed E-state index contributed by atoms with van der Waals surface area (Å²) in [6.45, 7) is 1.16. The van der Waals surface area contributed by atoms with Crippen LogP contribution < -0.4 is 10.6 Å². The number of carbonyl (C=O) groups is 2. The first-order valence-corrected chi connectivity index (χ1v) is 11.7. The summed E-state index contributed by atoms with van der Waals surface area (Å²) >= 11 is 9.51. The first-order chi connectivity index (χ1) is 14.9. The van der Waals surface area contributed by atoms with Crippen molar-refractivity contribution in [1.29, 1.82) is 0 Å². The Hall–Kier alpha value is -1.96. The van der Waals surface area contributed by atoms with Gasteiger partial charge in [0.05, 0.1) is 10.4 Å². The van der Waals surface area contributed by atoms with Crippen LogP contribution in [0, 0.1) is 17.7 Å². The highest BCUT2D eigenvalue weighted by Gasteiger charge is 2.70. The smallest absolute Gasteiger partial charge is 0.250 e. The second-order valence-electron chi connectivity index (χ2n) is 8.97. The second-order valence-corrected chi connectivity index (χ2v) is 10.3. The van der Waals surface area contributed by atoms with Gasteiger partial charge in [0.1, 0.15) is 11.4 Å². The predicted molar refractivity (Wildman–Crippen MR) is 118 cm³/mol. The van der Waals surface area contributed by atoms with Crippen LogP contribution in [0.2, 0.25) is 5.02 Å². The minimum atomic E-state index is -1.16. The molecule has 3 fully saturated rings. The number of carbonyl (C=O) groups excluding carboxylic acids is 2. The number of hydrogen-bond donors (Lipinski definition) is 2. The third kappa shape index (κ3) is 2.63. The van der Waals surface area contributed by atoms with Crippen molar-refractivity contribution in [3.05, 3.63) is 62.8 Å². The number of halogens is 3. The fourth-order valence-electron chi connectivity index (χ4n) is 5.93. The van der Waals surface area contributed by atoms with Crippen molar-refractivity contribution >= 4 is 45.0 Å². The minimum Gasteiger partial charge on any atom is -0.354 e. The highest BCUT2D eigenvalue weighted by Crippen LogP contribution is 2.61. The van der Waals surface area contributed by atoms with Crippen molar-refractivity contribution in [3.63, 3.8) is 0 Å². The lowest BCUT2D eigenvalue weighted by molar-refractivity contribution is -0.128. The van der Waals surface area contributed by atoms with Crippen LogP contribution in [0.5, 0.6) is 0 Å². The van der Waals surface area contributed by atoms with Crippen LogP contribution in [0.3, 0.4) is 0 Å². The van der Waals surface area contributed by atoms with Crippen LogP contribution in [-0.2, 0) is 15.1 Å². The van der Waals surface area contributed by atoms with E-state index in [2.05, 4.69) is 31.5 Å². The topological polar surface area (TPSA) is 61.4 Å². The second kappa shape index (κ2) is 6.77. The van der Waals surface area contributed by atoms with Crippen LogP contribution in [-0.4, -0.2) is 35.8 Å². The average Bonchev–Trinajstić information content (AvgIpc) is 3.33. The lowest BCUT2D eigenvalue weighted by Crippen LogP contribution is -2.54. The Balaban J connectivity index is 1.65. The molecule has 0 aromatic heterocycles. The van der Waals surface area contributed by atoms with Crippen molar-refractivity contribution in [1.82, 2.24) is 10.2 Å². The number of amides is 2. The molecule has 2 saturated heterocycles. The molecule has 1 spiro atoms. The molecule has 2 aromatic carbocycles. The normalized spacial score (nSPS) is 31.6. The fraction of sp³-hybridized carbons (Fsp3) is 0.391. The van der Waals surface area contributed by atoms with Gasteiger partial charge in [-0.2, -0.15) is 0 Å². The summed E-state index contributed by atoms with van der Waals surface area (Å²) < 4.78 is 15.8.